The molecule has 0 amide bonds. The molecule has 4 heteroatoms. The number of hydrogen-bond acceptors (Lipinski definition) is 2. The largest absolute Gasteiger partial charge is 0.469 e. The molecule has 0 radical (unpaired) electrons. The Morgan fingerprint density at radius 1 is 1.10 bits per heavy atom. The van der Waals surface area contributed by atoms with Gasteiger partial charge in [0.1, 0.15) is 5.76 Å². The Balaban J connectivity index is 2.47. The van der Waals surface area contributed by atoms with Gasteiger partial charge in [-0.3, -0.25) is 0 Å². The number of rotatable bonds is 5. The molecular weight excluding hydrogens is 260 g/mol. The molecule has 0 fully saturated rings. The van der Waals surface area contributed by atoms with E-state index in [1.165, 1.54) is 0 Å². The van der Waals surface area contributed by atoms with E-state index in [1.807, 2.05) is 13.8 Å². The van der Waals surface area contributed by atoms with Gasteiger partial charge in [0.15, 0.2) is 11.6 Å². The third-order valence-corrected chi connectivity index (χ3v) is 3.42. The summed E-state index contributed by atoms with van der Waals surface area (Å²) in [5.74, 6) is -0.870. The van der Waals surface area contributed by atoms with Gasteiger partial charge in [0, 0.05) is 11.1 Å². The van der Waals surface area contributed by atoms with Gasteiger partial charge in [-0.05, 0) is 38.4 Å². The van der Waals surface area contributed by atoms with Crippen LogP contribution in [0, 0.1) is 25.5 Å². The van der Waals surface area contributed by atoms with Gasteiger partial charge in [-0.1, -0.05) is 19.1 Å². The van der Waals surface area contributed by atoms with Gasteiger partial charge in [0.05, 0.1) is 12.3 Å². The number of furan rings is 1. The number of nitrogens with one attached hydrogen (secondary N) is 1. The van der Waals surface area contributed by atoms with E-state index in [4.69, 9.17) is 4.42 Å². The van der Waals surface area contributed by atoms with Crippen LogP contribution in [0.15, 0.2) is 28.9 Å². The van der Waals surface area contributed by atoms with Gasteiger partial charge in [-0.2, -0.15) is 0 Å². The van der Waals surface area contributed by atoms with Crippen LogP contribution in [0.3, 0.4) is 0 Å². The fourth-order valence-electron chi connectivity index (χ4n) is 2.25. The van der Waals surface area contributed by atoms with E-state index in [-0.39, 0.29) is 0 Å². The predicted octanol–water partition coefficient (Wildman–Crippen LogP) is 4.26. The quantitative estimate of drug-likeness (QED) is 0.884. The SMILES string of the molecule is CCCNC(c1ccoc1C)c1ccc(C)c(F)c1F. The minimum Gasteiger partial charge on any atom is -0.469 e. The predicted molar refractivity (Wildman–Crippen MR) is 74.7 cm³/mol. The first-order valence-corrected chi connectivity index (χ1v) is 6.78. The molecule has 2 rings (SSSR count). The second-order valence-corrected chi connectivity index (χ2v) is 4.92. The van der Waals surface area contributed by atoms with Gasteiger partial charge < -0.3 is 9.73 Å². The lowest BCUT2D eigenvalue weighted by Crippen LogP contribution is -2.24. The first-order chi connectivity index (χ1) is 9.56. The van der Waals surface area contributed by atoms with Crippen molar-refractivity contribution in [2.75, 3.05) is 6.54 Å². The van der Waals surface area contributed by atoms with E-state index in [0.717, 1.165) is 12.0 Å². The van der Waals surface area contributed by atoms with Crippen molar-refractivity contribution < 1.29 is 13.2 Å². The molecule has 1 aromatic heterocycles. The second kappa shape index (κ2) is 6.18. The second-order valence-electron chi connectivity index (χ2n) is 4.92. The standard InChI is InChI=1S/C16H19F2NO/c1-4-8-19-16(12-7-9-20-11(12)3)13-6-5-10(2)14(17)15(13)18/h5-7,9,16,19H,4,8H2,1-3H3. The summed E-state index contributed by atoms with van der Waals surface area (Å²) in [4.78, 5) is 0. The first-order valence-electron chi connectivity index (χ1n) is 6.78. The van der Waals surface area contributed by atoms with Gasteiger partial charge in [0.2, 0.25) is 0 Å². The number of halogens is 2. The van der Waals surface area contributed by atoms with Gasteiger partial charge in [0.25, 0.3) is 0 Å². The van der Waals surface area contributed by atoms with Crippen molar-refractivity contribution in [1.29, 1.82) is 0 Å². The Hall–Kier alpha value is -1.68. The maximum Gasteiger partial charge on any atom is 0.164 e. The van der Waals surface area contributed by atoms with Crippen LogP contribution >= 0.6 is 0 Å². The molecule has 2 nitrogen and oxygen atoms in total. The zero-order chi connectivity index (χ0) is 14.7. The minimum atomic E-state index is -0.792. The highest BCUT2D eigenvalue weighted by Crippen LogP contribution is 2.29. The third-order valence-electron chi connectivity index (χ3n) is 3.42. The molecule has 20 heavy (non-hydrogen) atoms. The van der Waals surface area contributed by atoms with Gasteiger partial charge in [-0.15, -0.1) is 0 Å². The molecule has 0 spiro atoms. The van der Waals surface area contributed by atoms with Crippen LogP contribution in [0.4, 0.5) is 8.78 Å². The van der Waals surface area contributed by atoms with Crippen LogP contribution < -0.4 is 5.32 Å². The summed E-state index contributed by atoms with van der Waals surface area (Å²) in [6, 6.07) is 4.63. The zero-order valence-electron chi connectivity index (χ0n) is 12.0. The van der Waals surface area contributed by atoms with Crippen molar-refractivity contribution >= 4 is 0 Å². The van der Waals surface area contributed by atoms with Gasteiger partial charge >= 0.3 is 0 Å². The van der Waals surface area contributed by atoms with E-state index in [9.17, 15) is 8.78 Å². The lowest BCUT2D eigenvalue weighted by atomic mass is 9.97. The fourth-order valence-corrected chi connectivity index (χ4v) is 2.25. The molecule has 1 aromatic carbocycles. The van der Waals surface area contributed by atoms with Crippen LogP contribution in [-0.4, -0.2) is 6.54 Å². The average molecular weight is 279 g/mol. The fraction of sp³-hybridized carbons (Fsp3) is 0.375. The Labute approximate surface area is 117 Å². The lowest BCUT2D eigenvalue weighted by Gasteiger charge is -2.20. The highest BCUT2D eigenvalue weighted by molar-refractivity contribution is 5.36. The van der Waals surface area contributed by atoms with Gasteiger partial charge in [-0.25, -0.2) is 8.78 Å². The lowest BCUT2D eigenvalue weighted by molar-refractivity contribution is 0.471. The van der Waals surface area contributed by atoms with Crippen molar-refractivity contribution in [2.45, 2.75) is 33.2 Å². The van der Waals surface area contributed by atoms with E-state index in [0.29, 0.717) is 23.4 Å². The maximum atomic E-state index is 14.2. The number of hydrogen-bond donors (Lipinski definition) is 1. The molecule has 1 unspecified atom stereocenters. The van der Waals surface area contributed by atoms with Crippen molar-refractivity contribution in [3.8, 4) is 0 Å². The molecule has 1 atom stereocenters. The molecule has 0 saturated carbocycles. The molecule has 1 heterocycles. The van der Waals surface area contributed by atoms with Crippen LogP contribution in [0.5, 0.6) is 0 Å². The first kappa shape index (κ1) is 14.7. The molecule has 1 N–H and O–H groups in total. The normalized spacial score (nSPS) is 12.7. The molecular formula is C16H19F2NO. The van der Waals surface area contributed by atoms with E-state index in [1.54, 1.807) is 31.4 Å². The average Bonchev–Trinajstić information content (AvgIpc) is 2.85. The van der Waals surface area contributed by atoms with E-state index < -0.39 is 17.7 Å². The molecule has 0 saturated heterocycles. The Morgan fingerprint density at radius 3 is 2.45 bits per heavy atom. The third kappa shape index (κ3) is 2.75. The molecule has 108 valence electrons. The van der Waals surface area contributed by atoms with Crippen LogP contribution in [0.1, 0.15) is 41.8 Å². The summed E-state index contributed by atoms with van der Waals surface area (Å²) >= 11 is 0. The van der Waals surface area contributed by atoms with E-state index >= 15 is 0 Å². The molecule has 0 aliphatic heterocycles. The maximum absolute atomic E-state index is 14.2. The highest BCUT2D eigenvalue weighted by Gasteiger charge is 2.23. The highest BCUT2D eigenvalue weighted by atomic mass is 19.2. The Bertz CT molecular complexity index is 592. The summed E-state index contributed by atoms with van der Waals surface area (Å²) in [5.41, 5.74) is 1.45. The Morgan fingerprint density at radius 2 is 1.85 bits per heavy atom. The molecule has 0 bridgehead atoms. The van der Waals surface area contributed by atoms with Crippen molar-refractivity contribution in [1.82, 2.24) is 5.32 Å². The smallest absolute Gasteiger partial charge is 0.164 e. The molecule has 0 aliphatic rings. The Kier molecular flexibility index (Phi) is 4.55. The van der Waals surface area contributed by atoms with Crippen molar-refractivity contribution in [3.05, 3.63) is 58.5 Å². The molecule has 0 aliphatic carbocycles. The van der Waals surface area contributed by atoms with Crippen molar-refractivity contribution in [3.63, 3.8) is 0 Å². The topological polar surface area (TPSA) is 25.2 Å². The van der Waals surface area contributed by atoms with Crippen LogP contribution in [-0.2, 0) is 0 Å². The minimum absolute atomic E-state index is 0.310. The number of aryl methyl sites for hydroxylation is 2. The van der Waals surface area contributed by atoms with Crippen LogP contribution in [0.2, 0.25) is 0 Å². The summed E-state index contributed by atoms with van der Waals surface area (Å²) in [5, 5.41) is 3.25. The van der Waals surface area contributed by atoms with E-state index in [2.05, 4.69) is 5.32 Å². The molecule has 2 aromatic rings. The monoisotopic (exact) mass is 279 g/mol. The summed E-state index contributed by atoms with van der Waals surface area (Å²) in [7, 11) is 0. The zero-order valence-corrected chi connectivity index (χ0v) is 12.0. The summed E-state index contributed by atoms with van der Waals surface area (Å²) in [6.07, 6.45) is 2.47. The summed E-state index contributed by atoms with van der Waals surface area (Å²) in [6.45, 7) is 6.11. The van der Waals surface area contributed by atoms with Crippen LogP contribution in [0.25, 0.3) is 0 Å². The summed E-state index contributed by atoms with van der Waals surface area (Å²) < 4.78 is 33.3. The van der Waals surface area contributed by atoms with Crippen molar-refractivity contribution in [2.24, 2.45) is 0 Å². The number of benzene rings is 1.